The lowest BCUT2D eigenvalue weighted by molar-refractivity contribution is 0.128. The highest BCUT2D eigenvalue weighted by atomic mass is 16.5. The summed E-state index contributed by atoms with van der Waals surface area (Å²) in [7, 11) is 1.72. The minimum absolute atomic E-state index is 0.845. The molecule has 0 saturated carbocycles. The molecule has 19 heavy (non-hydrogen) atoms. The average Bonchev–Trinajstić information content (AvgIpc) is 2.42. The molecule has 0 heterocycles. The minimum Gasteiger partial charge on any atom is -0.496 e. The number of hydrogen-bond acceptors (Lipinski definition) is 3. The number of ether oxygens (including phenoxy) is 2. The molecule has 1 aromatic rings. The molecular formula is C16H27NO2. The fourth-order valence-electron chi connectivity index (χ4n) is 1.92. The molecular weight excluding hydrogens is 238 g/mol. The lowest BCUT2D eigenvalue weighted by Gasteiger charge is -2.10. The number of unbranched alkanes of at least 4 members (excludes halogenated alkanes) is 1. The van der Waals surface area contributed by atoms with E-state index in [9.17, 15) is 0 Å². The van der Waals surface area contributed by atoms with E-state index in [2.05, 4.69) is 31.3 Å². The van der Waals surface area contributed by atoms with Crippen molar-refractivity contribution in [2.75, 3.05) is 26.9 Å². The van der Waals surface area contributed by atoms with Crippen LogP contribution in [-0.4, -0.2) is 26.9 Å². The second-order valence-electron chi connectivity index (χ2n) is 4.81. The van der Waals surface area contributed by atoms with Crippen molar-refractivity contribution in [2.45, 2.75) is 39.7 Å². The summed E-state index contributed by atoms with van der Waals surface area (Å²) in [6.45, 7) is 7.84. The van der Waals surface area contributed by atoms with Crippen LogP contribution in [0.2, 0.25) is 0 Å². The number of nitrogens with one attached hydrogen (secondary N) is 1. The predicted octanol–water partition coefficient (Wildman–Crippen LogP) is 3.30. The summed E-state index contributed by atoms with van der Waals surface area (Å²) in [5.41, 5.74) is 2.48. The van der Waals surface area contributed by atoms with E-state index in [4.69, 9.17) is 9.47 Å². The van der Waals surface area contributed by atoms with Gasteiger partial charge in [0, 0.05) is 25.3 Å². The topological polar surface area (TPSA) is 30.5 Å². The van der Waals surface area contributed by atoms with Crippen molar-refractivity contribution in [2.24, 2.45) is 0 Å². The van der Waals surface area contributed by atoms with Crippen LogP contribution in [0.25, 0.3) is 0 Å². The van der Waals surface area contributed by atoms with Gasteiger partial charge in [-0.1, -0.05) is 31.0 Å². The van der Waals surface area contributed by atoms with E-state index in [1.54, 1.807) is 7.11 Å². The summed E-state index contributed by atoms with van der Waals surface area (Å²) < 4.78 is 10.9. The molecule has 0 aromatic heterocycles. The van der Waals surface area contributed by atoms with Gasteiger partial charge in [0.1, 0.15) is 5.75 Å². The van der Waals surface area contributed by atoms with Crippen molar-refractivity contribution in [1.82, 2.24) is 5.32 Å². The van der Waals surface area contributed by atoms with E-state index >= 15 is 0 Å². The summed E-state index contributed by atoms with van der Waals surface area (Å²) >= 11 is 0. The summed E-state index contributed by atoms with van der Waals surface area (Å²) in [5.74, 6) is 0.956. The van der Waals surface area contributed by atoms with E-state index < -0.39 is 0 Å². The minimum atomic E-state index is 0.845. The largest absolute Gasteiger partial charge is 0.496 e. The Morgan fingerprint density at radius 1 is 1.16 bits per heavy atom. The molecule has 0 fully saturated rings. The molecule has 0 aliphatic rings. The third-order valence-corrected chi connectivity index (χ3v) is 3.04. The zero-order valence-corrected chi connectivity index (χ0v) is 12.5. The van der Waals surface area contributed by atoms with E-state index in [0.717, 1.165) is 44.9 Å². The summed E-state index contributed by atoms with van der Waals surface area (Å²) in [6.07, 6.45) is 3.41. The summed E-state index contributed by atoms with van der Waals surface area (Å²) in [4.78, 5) is 0. The van der Waals surface area contributed by atoms with E-state index in [1.165, 1.54) is 17.5 Å². The molecule has 108 valence electrons. The van der Waals surface area contributed by atoms with Crippen molar-refractivity contribution in [1.29, 1.82) is 0 Å². The molecule has 1 N–H and O–H groups in total. The maximum Gasteiger partial charge on any atom is 0.123 e. The monoisotopic (exact) mass is 265 g/mol. The molecule has 0 saturated heterocycles. The van der Waals surface area contributed by atoms with Crippen molar-refractivity contribution in [3.8, 4) is 5.75 Å². The fourth-order valence-corrected chi connectivity index (χ4v) is 1.92. The molecule has 0 aliphatic carbocycles. The third kappa shape index (κ3) is 6.60. The zero-order valence-electron chi connectivity index (χ0n) is 12.5. The van der Waals surface area contributed by atoms with Crippen molar-refractivity contribution in [3.05, 3.63) is 29.3 Å². The Kier molecular flexibility index (Phi) is 8.26. The van der Waals surface area contributed by atoms with E-state index in [1.807, 2.05) is 6.07 Å². The molecule has 0 atom stereocenters. The van der Waals surface area contributed by atoms with Crippen LogP contribution in [-0.2, 0) is 11.3 Å². The van der Waals surface area contributed by atoms with Crippen molar-refractivity contribution in [3.63, 3.8) is 0 Å². The van der Waals surface area contributed by atoms with Crippen molar-refractivity contribution < 1.29 is 9.47 Å². The van der Waals surface area contributed by atoms with Gasteiger partial charge >= 0.3 is 0 Å². The summed E-state index contributed by atoms with van der Waals surface area (Å²) in [5, 5.41) is 3.43. The van der Waals surface area contributed by atoms with Crippen LogP contribution >= 0.6 is 0 Å². The highest BCUT2D eigenvalue weighted by Gasteiger charge is 2.02. The van der Waals surface area contributed by atoms with Gasteiger partial charge in [0.25, 0.3) is 0 Å². The van der Waals surface area contributed by atoms with Crippen LogP contribution in [0.4, 0.5) is 0 Å². The Bertz CT molecular complexity index is 353. The first-order chi connectivity index (χ1) is 9.27. The lowest BCUT2D eigenvalue weighted by atomic mass is 10.1. The molecule has 0 aliphatic heterocycles. The Labute approximate surface area is 117 Å². The Morgan fingerprint density at radius 2 is 1.95 bits per heavy atom. The van der Waals surface area contributed by atoms with Gasteiger partial charge < -0.3 is 14.8 Å². The third-order valence-electron chi connectivity index (χ3n) is 3.04. The molecule has 0 amide bonds. The zero-order chi connectivity index (χ0) is 13.9. The first-order valence-electron chi connectivity index (χ1n) is 7.20. The van der Waals surface area contributed by atoms with Crippen LogP contribution in [0.5, 0.6) is 5.75 Å². The van der Waals surface area contributed by atoms with Crippen LogP contribution in [0.15, 0.2) is 18.2 Å². The predicted molar refractivity (Wildman–Crippen MR) is 79.8 cm³/mol. The molecule has 0 radical (unpaired) electrons. The van der Waals surface area contributed by atoms with Crippen LogP contribution in [0.1, 0.15) is 37.3 Å². The fraction of sp³-hybridized carbons (Fsp3) is 0.625. The molecule has 1 rings (SSSR count). The number of rotatable bonds is 10. The van der Waals surface area contributed by atoms with Gasteiger partial charge in [0.05, 0.1) is 7.11 Å². The Hall–Kier alpha value is -1.06. The van der Waals surface area contributed by atoms with E-state index in [-0.39, 0.29) is 0 Å². The van der Waals surface area contributed by atoms with Gasteiger partial charge in [-0.3, -0.25) is 0 Å². The summed E-state index contributed by atoms with van der Waals surface area (Å²) in [6, 6.07) is 6.27. The maximum absolute atomic E-state index is 5.53. The maximum atomic E-state index is 5.53. The van der Waals surface area contributed by atoms with Gasteiger partial charge in [-0.05, 0) is 32.4 Å². The standard InChI is InChI=1S/C16H27NO2/c1-4-5-10-19-11-6-9-17-13-15-12-14(2)7-8-16(15)18-3/h7-8,12,17H,4-6,9-11,13H2,1-3H3. The van der Waals surface area contributed by atoms with Crippen LogP contribution in [0.3, 0.4) is 0 Å². The van der Waals surface area contributed by atoms with Gasteiger partial charge in [0.2, 0.25) is 0 Å². The van der Waals surface area contributed by atoms with Gasteiger partial charge in [-0.2, -0.15) is 0 Å². The molecule has 0 spiro atoms. The van der Waals surface area contributed by atoms with Crippen LogP contribution in [0, 0.1) is 6.92 Å². The average molecular weight is 265 g/mol. The normalized spacial score (nSPS) is 10.7. The van der Waals surface area contributed by atoms with Gasteiger partial charge in [-0.25, -0.2) is 0 Å². The van der Waals surface area contributed by atoms with Gasteiger partial charge in [0.15, 0.2) is 0 Å². The molecule has 0 bridgehead atoms. The van der Waals surface area contributed by atoms with Gasteiger partial charge in [-0.15, -0.1) is 0 Å². The molecule has 0 unspecified atom stereocenters. The highest BCUT2D eigenvalue weighted by molar-refractivity contribution is 5.36. The Balaban J connectivity index is 2.17. The second kappa shape index (κ2) is 9.82. The smallest absolute Gasteiger partial charge is 0.123 e. The quantitative estimate of drug-likeness (QED) is 0.658. The number of benzene rings is 1. The molecule has 3 nitrogen and oxygen atoms in total. The number of methoxy groups -OCH3 is 1. The molecule has 1 aromatic carbocycles. The first kappa shape index (κ1) is 16.0. The van der Waals surface area contributed by atoms with Crippen LogP contribution < -0.4 is 10.1 Å². The Morgan fingerprint density at radius 3 is 2.68 bits per heavy atom. The van der Waals surface area contributed by atoms with Crippen molar-refractivity contribution >= 4 is 0 Å². The number of hydrogen-bond donors (Lipinski definition) is 1. The number of aryl methyl sites for hydroxylation is 1. The first-order valence-corrected chi connectivity index (χ1v) is 7.20. The highest BCUT2D eigenvalue weighted by Crippen LogP contribution is 2.19. The van der Waals surface area contributed by atoms with E-state index in [0.29, 0.717) is 0 Å². The second-order valence-corrected chi connectivity index (χ2v) is 4.81. The molecule has 3 heteroatoms. The SMILES string of the molecule is CCCCOCCCNCc1cc(C)ccc1OC. The lowest BCUT2D eigenvalue weighted by Crippen LogP contribution is -2.17.